The smallest absolute Gasteiger partial charge is 0.232 e. The summed E-state index contributed by atoms with van der Waals surface area (Å²) in [5.74, 6) is 1.81. The Balaban J connectivity index is 1.68. The van der Waals surface area contributed by atoms with Gasteiger partial charge in [-0.15, -0.1) is 0 Å². The molecule has 1 aromatic carbocycles. The lowest BCUT2D eigenvalue weighted by Gasteiger charge is -2.11. The van der Waals surface area contributed by atoms with E-state index in [4.69, 9.17) is 9.47 Å². The molecular weight excluding hydrogens is 322 g/mol. The third-order valence-corrected chi connectivity index (χ3v) is 3.44. The molecule has 0 bridgehead atoms. The van der Waals surface area contributed by atoms with Crippen molar-refractivity contribution in [1.29, 1.82) is 0 Å². The number of methoxy groups -OCH3 is 2. The molecule has 0 aliphatic carbocycles. The zero-order valence-electron chi connectivity index (χ0n) is 13.8. The molecule has 2 aromatic heterocycles. The molecule has 0 atom stereocenters. The Morgan fingerprint density at radius 3 is 2.80 bits per heavy atom. The Kier molecular flexibility index (Phi) is 4.89. The molecule has 0 spiro atoms. The SMILES string of the molecule is COc1ccc(NC(=O)Cc2nc(-c3ccccn3)n[nH]2)c(OC)c1. The number of rotatable bonds is 6. The number of carbonyl (C=O) groups is 1. The van der Waals surface area contributed by atoms with Crippen LogP contribution in [-0.4, -0.2) is 40.3 Å². The standard InChI is InChI=1S/C17H17N5O3/c1-24-11-6-7-12(14(9-11)25-2)19-16(23)10-15-20-17(22-21-15)13-5-3-4-8-18-13/h3-9H,10H2,1-2H3,(H,19,23)(H,20,21,22). The molecule has 8 nitrogen and oxygen atoms in total. The van der Waals surface area contributed by atoms with Gasteiger partial charge in [0.05, 0.1) is 26.3 Å². The summed E-state index contributed by atoms with van der Waals surface area (Å²) in [6.45, 7) is 0. The molecule has 8 heteroatoms. The van der Waals surface area contributed by atoms with Crippen molar-refractivity contribution in [3.8, 4) is 23.0 Å². The Labute approximate surface area is 144 Å². The number of aromatic amines is 1. The molecule has 3 aromatic rings. The van der Waals surface area contributed by atoms with E-state index in [1.54, 1.807) is 37.6 Å². The molecule has 0 aliphatic heterocycles. The second kappa shape index (κ2) is 7.43. The summed E-state index contributed by atoms with van der Waals surface area (Å²) in [6.07, 6.45) is 1.71. The fourth-order valence-electron chi connectivity index (χ4n) is 2.23. The monoisotopic (exact) mass is 339 g/mol. The van der Waals surface area contributed by atoms with Crippen molar-refractivity contribution in [1.82, 2.24) is 20.2 Å². The third kappa shape index (κ3) is 3.92. The molecular formula is C17H17N5O3. The summed E-state index contributed by atoms with van der Waals surface area (Å²) < 4.78 is 10.4. The summed E-state index contributed by atoms with van der Waals surface area (Å²) in [5, 5.41) is 9.63. The van der Waals surface area contributed by atoms with Crippen LogP contribution in [0.2, 0.25) is 0 Å². The number of hydrogen-bond donors (Lipinski definition) is 2. The van der Waals surface area contributed by atoms with Crippen LogP contribution >= 0.6 is 0 Å². The first-order valence-electron chi connectivity index (χ1n) is 7.54. The van der Waals surface area contributed by atoms with E-state index in [0.29, 0.717) is 34.5 Å². The van der Waals surface area contributed by atoms with E-state index >= 15 is 0 Å². The zero-order valence-corrected chi connectivity index (χ0v) is 13.8. The summed E-state index contributed by atoms with van der Waals surface area (Å²) in [5.41, 5.74) is 1.19. The van der Waals surface area contributed by atoms with Crippen molar-refractivity contribution in [2.24, 2.45) is 0 Å². The zero-order chi connectivity index (χ0) is 17.6. The number of benzene rings is 1. The summed E-state index contributed by atoms with van der Waals surface area (Å²) in [4.78, 5) is 20.7. The van der Waals surface area contributed by atoms with Crippen LogP contribution in [0.1, 0.15) is 5.82 Å². The fraction of sp³-hybridized carbons (Fsp3) is 0.176. The lowest BCUT2D eigenvalue weighted by Crippen LogP contribution is -2.15. The van der Waals surface area contributed by atoms with Crippen LogP contribution in [0, 0.1) is 0 Å². The van der Waals surface area contributed by atoms with Crippen molar-refractivity contribution in [3.05, 3.63) is 48.4 Å². The molecule has 0 radical (unpaired) electrons. The lowest BCUT2D eigenvalue weighted by molar-refractivity contribution is -0.115. The average Bonchev–Trinajstić information content (AvgIpc) is 3.11. The van der Waals surface area contributed by atoms with Crippen molar-refractivity contribution >= 4 is 11.6 Å². The van der Waals surface area contributed by atoms with Crippen LogP contribution < -0.4 is 14.8 Å². The normalized spacial score (nSPS) is 10.3. The van der Waals surface area contributed by atoms with Gasteiger partial charge in [-0.2, -0.15) is 5.10 Å². The van der Waals surface area contributed by atoms with Crippen molar-refractivity contribution in [3.63, 3.8) is 0 Å². The van der Waals surface area contributed by atoms with Gasteiger partial charge in [-0.25, -0.2) is 4.98 Å². The number of carbonyl (C=O) groups excluding carboxylic acids is 1. The molecule has 0 aliphatic rings. The van der Waals surface area contributed by atoms with Gasteiger partial charge in [-0.05, 0) is 24.3 Å². The molecule has 0 fully saturated rings. The lowest BCUT2D eigenvalue weighted by atomic mass is 10.2. The minimum atomic E-state index is -0.243. The first-order valence-corrected chi connectivity index (χ1v) is 7.54. The van der Waals surface area contributed by atoms with Crippen LogP contribution in [0.15, 0.2) is 42.6 Å². The maximum absolute atomic E-state index is 12.2. The Morgan fingerprint density at radius 1 is 1.20 bits per heavy atom. The molecule has 3 rings (SSSR count). The van der Waals surface area contributed by atoms with Gasteiger partial charge in [-0.3, -0.25) is 14.9 Å². The quantitative estimate of drug-likeness (QED) is 0.713. The number of aromatic nitrogens is 4. The number of pyridine rings is 1. The largest absolute Gasteiger partial charge is 0.497 e. The first kappa shape index (κ1) is 16.4. The number of H-pyrrole nitrogens is 1. The highest BCUT2D eigenvalue weighted by molar-refractivity contribution is 5.93. The topological polar surface area (TPSA) is 102 Å². The summed E-state index contributed by atoms with van der Waals surface area (Å²) >= 11 is 0. The summed E-state index contributed by atoms with van der Waals surface area (Å²) in [6, 6.07) is 10.6. The summed E-state index contributed by atoms with van der Waals surface area (Å²) in [7, 11) is 3.09. The Morgan fingerprint density at radius 2 is 2.08 bits per heavy atom. The maximum atomic E-state index is 12.2. The average molecular weight is 339 g/mol. The van der Waals surface area contributed by atoms with E-state index in [2.05, 4.69) is 25.5 Å². The van der Waals surface area contributed by atoms with Gasteiger partial charge in [0.25, 0.3) is 0 Å². The molecule has 0 saturated carbocycles. The molecule has 0 saturated heterocycles. The second-order valence-electron chi connectivity index (χ2n) is 5.11. The number of nitrogens with one attached hydrogen (secondary N) is 2. The van der Waals surface area contributed by atoms with E-state index in [9.17, 15) is 4.79 Å². The van der Waals surface area contributed by atoms with Crippen molar-refractivity contribution < 1.29 is 14.3 Å². The van der Waals surface area contributed by atoms with Crippen LogP contribution in [0.25, 0.3) is 11.5 Å². The number of amides is 1. The van der Waals surface area contributed by atoms with Gasteiger partial charge >= 0.3 is 0 Å². The van der Waals surface area contributed by atoms with Crippen LogP contribution in [-0.2, 0) is 11.2 Å². The van der Waals surface area contributed by atoms with E-state index in [1.165, 1.54) is 7.11 Å². The Hall–Kier alpha value is -3.42. The second-order valence-corrected chi connectivity index (χ2v) is 5.11. The van der Waals surface area contributed by atoms with E-state index in [0.717, 1.165) is 0 Å². The number of nitrogens with zero attached hydrogens (tertiary/aromatic N) is 3. The predicted octanol–water partition coefficient (Wildman–Crippen LogP) is 2.07. The Bertz CT molecular complexity index is 864. The van der Waals surface area contributed by atoms with Crippen LogP contribution in [0.5, 0.6) is 11.5 Å². The molecule has 2 N–H and O–H groups in total. The highest BCUT2D eigenvalue weighted by atomic mass is 16.5. The van der Waals surface area contributed by atoms with Gasteiger partial charge in [0.15, 0.2) is 5.82 Å². The van der Waals surface area contributed by atoms with Gasteiger partial charge in [0.1, 0.15) is 23.0 Å². The van der Waals surface area contributed by atoms with Gasteiger partial charge in [0, 0.05) is 12.3 Å². The minimum absolute atomic E-state index is 0.0506. The number of hydrogen-bond acceptors (Lipinski definition) is 6. The predicted molar refractivity (Wildman–Crippen MR) is 91.5 cm³/mol. The molecule has 25 heavy (non-hydrogen) atoms. The van der Waals surface area contributed by atoms with E-state index in [1.807, 2.05) is 12.1 Å². The van der Waals surface area contributed by atoms with Crippen LogP contribution in [0.4, 0.5) is 5.69 Å². The first-order chi connectivity index (χ1) is 12.2. The molecule has 2 heterocycles. The van der Waals surface area contributed by atoms with E-state index < -0.39 is 0 Å². The van der Waals surface area contributed by atoms with Gasteiger partial charge in [0.2, 0.25) is 5.91 Å². The van der Waals surface area contributed by atoms with Gasteiger partial charge in [-0.1, -0.05) is 6.07 Å². The highest BCUT2D eigenvalue weighted by Crippen LogP contribution is 2.29. The van der Waals surface area contributed by atoms with Crippen molar-refractivity contribution in [2.45, 2.75) is 6.42 Å². The van der Waals surface area contributed by atoms with E-state index in [-0.39, 0.29) is 12.3 Å². The number of ether oxygens (including phenoxy) is 2. The maximum Gasteiger partial charge on any atom is 0.232 e. The van der Waals surface area contributed by atoms with Gasteiger partial charge < -0.3 is 14.8 Å². The molecule has 0 unspecified atom stereocenters. The highest BCUT2D eigenvalue weighted by Gasteiger charge is 2.13. The number of anilines is 1. The third-order valence-electron chi connectivity index (χ3n) is 3.44. The minimum Gasteiger partial charge on any atom is -0.497 e. The van der Waals surface area contributed by atoms with Crippen LogP contribution in [0.3, 0.4) is 0 Å². The molecule has 1 amide bonds. The van der Waals surface area contributed by atoms with Crippen molar-refractivity contribution in [2.75, 3.05) is 19.5 Å². The fourth-order valence-corrected chi connectivity index (χ4v) is 2.23. The molecule has 128 valence electrons.